The molecule has 1 aromatic carbocycles. The first kappa shape index (κ1) is 15.5. The molecule has 0 aliphatic heterocycles. The Bertz CT molecular complexity index is 572. The van der Waals surface area contributed by atoms with Gasteiger partial charge in [-0.3, -0.25) is 0 Å². The van der Waals surface area contributed by atoms with Gasteiger partial charge in [-0.15, -0.1) is 0 Å². The van der Waals surface area contributed by atoms with Crippen LogP contribution < -0.4 is 10.5 Å². The molecule has 0 bridgehead atoms. The third-order valence-electron chi connectivity index (χ3n) is 4.65. The van der Waals surface area contributed by atoms with E-state index in [1.54, 1.807) is 18.2 Å². The molecular formula is C15H24N2O2S. The Labute approximate surface area is 121 Å². The van der Waals surface area contributed by atoms with E-state index in [0.717, 1.165) is 30.4 Å². The summed E-state index contributed by atoms with van der Waals surface area (Å²) in [6.45, 7) is 5.00. The molecule has 0 heterocycles. The fourth-order valence-electron chi connectivity index (χ4n) is 2.73. The zero-order valence-electron chi connectivity index (χ0n) is 12.3. The lowest BCUT2D eigenvalue weighted by atomic mass is 9.67. The van der Waals surface area contributed by atoms with E-state index in [1.807, 2.05) is 6.92 Å². The third kappa shape index (κ3) is 3.05. The first-order valence-electron chi connectivity index (χ1n) is 7.22. The first-order chi connectivity index (χ1) is 9.42. The SMILES string of the molecule is CCC1(CNS(=O)(=O)c2ccc(CN)c(C)c2)CCC1. The molecule has 0 spiro atoms. The Kier molecular flexibility index (Phi) is 4.52. The molecule has 20 heavy (non-hydrogen) atoms. The van der Waals surface area contributed by atoms with E-state index >= 15 is 0 Å². The van der Waals surface area contributed by atoms with Gasteiger partial charge in [0.05, 0.1) is 4.90 Å². The second-order valence-corrected chi connectivity index (χ2v) is 7.59. The van der Waals surface area contributed by atoms with Crippen LogP contribution in [-0.4, -0.2) is 15.0 Å². The average molecular weight is 296 g/mol. The Morgan fingerprint density at radius 1 is 1.35 bits per heavy atom. The highest BCUT2D eigenvalue weighted by Crippen LogP contribution is 2.43. The van der Waals surface area contributed by atoms with Crippen molar-refractivity contribution in [3.63, 3.8) is 0 Å². The maximum atomic E-state index is 12.3. The molecule has 0 atom stereocenters. The van der Waals surface area contributed by atoms with Crippen LogP contribution in [0.2, 0.25) is 0 Å². The van der Waals surface area contributed by atoms with Crippen LogP contribution in [0.15, 0.2) is 23.1 Å². The highest BCUT2D eigenvalue weighted by molar-refractivity contribution is 7.89. The van der Waals surface area contributed by atoms with Crippen molar-refractivity contribution in [1.29, 1.82) is 0 Å². The van der Waals surface area contributed by atoms with Crippen LogP contribution in [0, 0.1) is 12.3 Å². The van der Waals surface area contributed by atoms with Crippen LogP contribution in [0.5, 0.6) is 0 Å². The summed E-state index contributed by atoms with van der Waals surface area (Å²) >= 11 is 0. The molecule has 1 aromatic rings. The van der Waals surface area contributed by atoms with Crippen LogP contribution in [0.1, 0.15) is 43.7 Å². The fraction of sp³-hybridized carbons (Fsp3) is 0.600. The molecule has 5 heteroatoms. The molecule has 4 nitrogen and oxygen atoms in total. The van der Waals surface area contributed by atoms with Gasteiger partial charge in [0.1, 0.15) is 0 Å². The molecule has 0 unspecified atom stereocenters. The van der Waals surface area contributed by atoms with E-state index < -0.39 is 10.0 Å². The molecule has 1 saturated carbocycles. The van der Waals surface area contributed by atoms with Gasteiger partial charge in [0.15, 0.2) is 0 Å². The van der Waals surface area contributed by atoms with Gasteiger partial charge in [-0.1, -0.05) is 19.4 Å². The highest BCUT2D eigenvalue weighted by atomic mass is 32.2. The predicted molar refractivity (Wildman–Crippen MR) is 80.8 cm³/mol. The van der Waals surface area contributed by atoms with Crippen molar-refractivity contribution in [2.24, 2.45) is 11.1 Å². The summed E-state index contributed by atoms with van der Waals surface area (Å²) < 4.78 is 27.5. The highest BCUT2D eigenvalue weighted by Gasteiger charge is 2.36. The number of sulfonamides is 1. The lowest BCUT2D eigenvalue weighted by Crippen LogP contribution is -2.41. The van der Waals surface area contributed by atoms with Gasteiger partial charge in [-0.2, -0.15) is 0 Å². The molecule has 1 aliphatic rings. The average Bonchev–Trinajstić information content (AvgIpc) is 2.38. The monoisotopic (exact) mass is 296 g/mol. The summed E-state index contributed by atoms with van der Waals surface area (Å²) in [4.78, 5) is 0.331. The Hall–Kier alpha value is -0.910. The molecule has 0 saturated heterocycles. The van der Waals surface area contributed by atoms with Crippen molar-refractivity contribution in [1.82, 2.24) is 4.72 Å². The molecule has 1 aliphatic carbocycles. The molecule has 1 fully saturated rings. The number of nitrogens with two attached hydrogens (primary N) is 1. The van der Waals surface area contributed by atoms with Gasteiger partial charge < -0.3 is 5.73 Å². The smallest absolute Gasteiger partial charge is 0.240 e. The molecule has 0 aromatic heterocycles. The minimum Gasteiger partial charge on any atom is -0.326 e. The van der Waals surface area contributed by atoms with Crippen LogP contribution in [0.4, 0.5) is 0 Å². The van der Waals surface area contributed by atoms with Crippen LogP contribution in [0.25, 0.3) is 0 Å². The Morgan fingerprint density at radius 3 is 2.50 bits per heavy atom. The number of rotatable bonds is 6. The molecule has 3 N–H and O–H groups in total. The normalized spacial score (nSPS) is 17.8. The van der Waals surface area contributed by atoms with Crippen molar-refractivity contribution in [2.75, 3.05) is 6.54 Å². The van der Waals surface area contributed by atoms with E-state index in [-0.39, 0.29) is 5.41 Å². The van der Waals surface area contributed by atoms with E-state index in [9.17, 15) is 8.42 Å². The summed E-state index contributed by atoms with van der Waals surface area (Å²) in [7, 11) is -3.42. The number of nitrogens with one attached hydrogen (secondary N) is 1. The molecule has 112 valence electrons. The summed E-state index contributed by atoms with van der Waals surface area (Å²) in [5, 5.41) is 0. The third-order valence-corrected chi connectivity index (χ3v) is 6.04. The summed E-state index contributed by atoms with van der Waals surface area (Å²) in [6, 6.07) is 5.13. The summed E-state index contributed by atoms with van der Waals surface area (Å²) in [5.41, 5.74) is 7.68. The van der Waals surface area contributed by atoms with Gasteiger partial charge >= 0.3 is 0 Å². The maximum absolute atomic E-state index is 12.3. The summed E-state index contributed by atoms with van der Waals surface area (Å²) in [5.74, 6) is 0. The van der Waals surface area contributed by atoms with Crippen molar-refractivity contribution >= 4 is 10.0 Å². The predicted octanol–water partition coefficient (Wildman–Crippen LogP) is 2.31. The van der Waals surface area contributed by atoms with E-state index in [0.29, 0.717) is 18.0 Å². The van der Waals surface area contributed by atoms with Crippen LogP contribution in [-0.2, 0) is 16.6 Å². The topological polar surface area (TPSA) is 72.2 Å². The van der Waals surface area contributed by atoms with E-state index in [2.05, 4.69) is 11.6 Å². The standard InChI is InChI=1S/C15H24N2O2S/c1-3-15(7-4-8-15)11-17-20(18,19)14-6-5-13(10-16)12(2)9-14/h5-6,9,17H,3-4,7-8,10-11,16H2,1-2H3. The minimum absolute atomic E-state index is 0.180. The van der Waals surface area contributed by atoms with Crippen molar-refractivity contribution < 1.29 is 8.42 Å². The quantitative estimate of drug-likeness (QED) is 0.846. The van der Waals surface area contributed by atoms with Crippen LogP contribution in [0.3, 0.4) is 0 Å². The zero-order valence-corrected chi connectivity index (χ0v) is 13.1. The summed E-state index contributed by atoms with van der Waals surface area (Å²) in [6.07, 6.45) is 4.48. The van der Waals surface area contributed by atoms with Crippen molar-refractivity contribution in [3.8, 4) is 0 Å². The van der Waals surface area contributed by atoms with Crippen LogP contribution >= 0.6 is 0 Å². The van der Waals surface area contributed by atoms with Crippen molar-refractivity contribution in [3.05, 3.63) is 29.3 Å². The number of hydrogen-bond acceptors (Lipinski definition) is 3. The largest absolute Gasteiger partial charge is 0.326 e. The number of aryl methyl sites for hydroxylation is 1. The molecule has 2 rings (SSSR count). The zero-order chi connectivity index (χ0) is 14.8. The molecule has 0 amide bonds. The Morgan fingerprint density at radius 2 is 2.05 bits per heavy atom. The van der Waals surface area contributed by atoms with Gasteiger partial charge in [0.25, 0.3) is 0 Å². The van der Waals surface area contributed by atoms with Gasteiger partial charge in [-0.25, -0.2) is 13.1 Å². The maximum Gasteiger partial charge on any atom is 0.240 e. The van der Waals surface area contributed by atoms with E-state index in [1.165, 1.54) is 6.42 Å². The van der Waals surface area contributed by atoms with Gasteiger partial charge in [-0.05, 0) is 54.9 Å². The molecular weight excluding hydrogens is 272 g/mol. The number of hydrogen-bond donors (Lipinski definition) is 2. The lowest BCUT2D eigenvalue weighted by molar-refractivity contribution is 0.133. The number of benzene rings is 1. The van der Waals surface area contributed by atoms with Crippen molar-refractivity contribution in [2.45, 2.75) is 51.0 Å². The van der Waals surface area contributed by atoms with Gasteiger partial charge in [0, 0.05) is 13.1 Å². The van der Waals surface area contributed by atoms with Gasteiger partial charge in [0.2, 0.25) is 10.0 Å². The minimum atomic E-state index is -3.42. The second-order valence-electron chi connectivity index (χ2n) is 5.82. The lowest BCUT2D eigenvalue weighted by Gasteiger charge is -2.41. The van der Waals surface area contributed by atoms with E-state index in [4.69, 9.17) is 5.73 Å². The molecule has 0 radical (unpaired) electrons. The Balaban J connectivity index is 2.12. The first-order valence-corrected chi connectivity index (χ1v) is 8.70. The second kappa shape index (κ2) is 5.84. The fourth-order valence-corrected chi connectivity index (χ4v) is 3.97.